The zero-order valence-electron chi connectivity index (χ0n) is 8.41. The van der Waals surface area contributed by atoms with E-state index in [4.69, 9.17) is 9.47 Å². The monoisotopic (exact) mass is 180 g/mol. The Labute approximate surface area is 79.5 Å². The highest BCUT2D eigenvalue weighted by Gasteiger charge is 2.11. The molecule has 1 rings (SSSR count). The molecule has 0 bridgehead atoms. The van der Waals surface area contributed by atoms with Crippen LogP contribution in [-0.4, -0.2) is 14.2 Å². The summed E-state index contributed by atoms with van der Waals surface area (Å²) in [6, 6.07) is 8.17. The van der Waals surface area contributed by atoms with Crippen molar-refractivity contribution < 1.29 is 9.47 Å². The summed E-state index contributed by atoms with van der Waals surface area (Å²) < 4.78 is 10.4. The van der Waals surface area contributed by atoms with Crippen molar-refractivity contribution in [2.24, 2.45) is 0 Å². The Morgan fingerprint density at radius 1 is 1.15 bits per heavy atom. The highest BCUT2D eigenvalue weighted by Crippen LogP contribution is 2.21. The van der Waals surface area contributed by atoms with Crippen molar-refractivity contribution in [2.45, 2.75) is 19.6 Å². The summed E-state index contributed by atoms with van der Waals surface area (Å²) in [7, 11) is 3.31. The molecule has 0 aromatic heterocycles. The van der Waals surface area contributed by atoms with E-state index in [9.17, 15) is 0 Å². The van der Waals surface area contributed by atoms with Gasteiger partial charge in [0.2, 0.25) is 0 Å². The van der Waals surface area contributed by atoms with Gasteiger partial charge in [-0.1, -0.05) is 31.2 Å². The molecule has 0 unspecified atom stereocenters. The summed E-state index contributed by atoms with van der Waals surface area (Å²) in [4.78, 5) is 0. The van der Waals surface area contributed by atoms with Crippen LogP contribution in [0.3, 0.4) is 0 Å². The number of ether oxygens (including phenoxy) is 2. The minimum Gasteiger partial charge on any atom is -0.352 e. The fourth-order valence-electron chi connectivity index (χ4n) is 1.44. The molecule has 0 atom stereocenters. The van der Waals surface area contributed by atoms with Crippen LogP contribution in [-0.2, 0) is 15.9 Å². The van der Waals surface area contributed by atoms with E-state index in [-0.39, 0.29) is 6.29 Å². The number of methoxy groups -OCH3 is 2. The first-order valence-electron chi connectivity index (χ1n) is 4.46. The second kappa shape index (κ2) is 5.00. The molecule has 0 aliphatic rings. The Balaban J connectivity index is 2.96. The normalized spacial score (nSPS) is 10.8. The average Bonchev–Trinajstić information content (AvgIpc) is 2.20. The maximum absolute atomic E-state index is 5.21. The Kier molecular flexibility index (Phi) is 3.93. The van der Waals surface area contributed by atoms with Gasteiger partial charge in [-0.15, -0.1) is 0 Å². The molecule has 0 amide bonds. The van der Waals surface area contributed by atoms with Gasteiger partial charge in [-0.05, 0) is 12.0 Å². The SMILES string of the molecule is CCc1ccccc1C(OC)OC. The highest BCUT2D eigenvalue weighted by molar-refractivity contribution is 5.28. The van der Waals surface area contributed by atoms with Gasteiger partial charge >= 0.3 is 0 Å². The van der Waals surface area contributed by atoms with E-state index in [1.165, 1.54) is 5.56 Å². The Hall–Kier alpha value is -0.860. The van der Waals surface area contributed by atoms with Crippen molar-refractivity contribution in [1.29, 1.82) is 0 Å². The number of hydrogen-bond donors (Lipinski definition) is 0. The highest BCUT2D eigenvalue weighted by atomic mass is 16.7. The molecule has 1 aromatic rings. The van der Waals surface area contributed by atoms with Crippen molar-refractivity contribution >= 4 is 0 Å². The van der Waals surface area contributed by atoms with Crippen molar-refractivity contribution in [1.82, 2.24) is 0 Å². The molecule has 0 saturated carbocycles. The van der Waals surface area contributed by atoms with Crippen molar-refractivity contribution in [3.8, 4) is 0 Å². The van der Waals surface area contributed by atoms with E-state index in [1.807, 2.05) is 18.2 Å². The lowest BCUT2D eigenvalue weighted by Gasteiger charge is -2.16. The minimum atomic E-state index is -0.240. The van der Waals surface area contributed by atoms with Gasteiger partial charge in [0, 0.05) is 19.8 Å². The van der Waals surface area contributed by atoms with Crippen LogP contribution >= 0.6 is 0 Å². The summed E-state index contributed by atoms with van der Waals surface area (Å²) in [5, 5.41) is 0. The lowest BCUT2D eigenvalue weighted by Crippen LogP contribution is -2.06. The molecule has 0 fully saturated rings. The van der Waals surface area contributed by atoms with Gasteiger partial charge in [0.25, 0.3) is 0 Å². The summed E-state index contributed by atoms with van der Waals surface area (Å²) in [6.07, 6.45) is 0.760. The molecule has 13 heavy (non-hydrogen) atoms. The predicted octanol–water partition coefficient (Wildman–Crippen LogP) is 2.54. The third kappa shape index (κ3) is 2.29. The summed E-state index contributed by atoms with van der Waals surface area (Å²) >= 11 is 0. The second-order valence-corrected chi connectivity index (χ2v) is 2.86. The smallest absolute Gasteiger partial charge is 0.183 e. The molecule has 0 spiro atoms. The molecule has 0 heterocycles. The summed E-state index contributed by atoms with van der Waals surface area (Å²) in [5.41, 5.74) is 2.39. The lowest BCUT2D eigenvalue weighted by atomic mass is 10.1. The van der Waals surface area contributed by atoms with Gasteiger partial charge in [0.15, 0.2) is 6.29 Å². The molecule has 0 aliphatic heterocycles. The molecule has 0 N–H and O–H groups in total. The Morgan fingerprint density at radius 2 is 1.77 bits per heavy atom. The van der Waals surface area contributed by atoms with Gasteiger partial charge < -0.3 is 9.47 Å². The number of hydrogen-bond acceptors (Lipinski definition) is 2. The zero-order chi connectivity index (χ0) is 9.68. The molecule has 0 radical (unpaired) electrons. The third-order valence-corrected chi connectivity index (χ3v) is 2.12. The van der Waals surface area contributed by atoms with Gasteiger partial charge in [0.05, 0.1) is 0 Å². The third-order valence-electron chi connectivity index (χ3n) is 2.12. The molecule has 1 aromatic carbocycles. The van der Waals surface area contributed by atoms with Crippen LogP contribution in [0.4, 0.5) is 0 Å². The fourth-order valence-corrected chi connectivity index (χ4v) is 1.44. The number of rotatable bonds is 4. The van der Waals surface area contributed by atoms with Gasteiger partial charge in [-0.25, -0.2) is 0 Å². The quantitative estimate of drug-likeness (QED) is 0.663. The van der Waals surface area contributed by atoms with E-state index < -0.39 is 0 Å². The van der Waals surface area contributed by atoms with E-state index in [1.54, 1.807) is 14.2 Å². The molecular formula is C11H16O2. The number of benzene rings is 1. The van der Waals surface area contributed by atoms with Crippen LogP contribution in [0.1, 0.15) is 24.3 Å². The molecule has 2 nitrogen and oxygen atoms in total. The van der Waals surface area contributed by atoms with E-state index >= 15 is 0 Å². The molecule has 72 valence electrons. The second-order valence-electron chi connectivity index (χ2n) is 2.86. The first-order chi connectivity index (χ1) is 6.33. The summed E-state index contributed by atoms with van der Waals surface area (Å²) in [5.74, 6) is 0. The standard InChI is InChI=1S/C11H16O2/c1-4-9-7-5-6-8-10(9)11(12-2)13-3/h5-8,11H,4H2,1-3H3. The van der Waals surface area contributed by atoms with Gasteiger partial charge in [-0.2, -0.15) is 0 Å². The zero-order valence-corrected chi connectivity index (χ0v) is 8.41. The minimum absolute atomic E-state index is 0.240. The first-order valence-corrected chi connectivity index (χ1v) is 4.46. The average molecular weight is 180 g/mol. The lowest BCUT2D eigenvalue weighted by molar-refractivity contribution is -0.106. The Morgan fingerprint density at radius 3 is 2.31 bits per heavy atom. The predicted molar refractivity (Wildman–Crippen MR) is 52.6 cm³/mol. The molecule has 0 saturated heterocycles. The van der Waals surface area contributed by atoms with Crippen LogP contribution in [0.15, 0.2) is 24.3 Å². The maximum atomic E-state index is 5.21. The topological polar surface area (TPSA) is 18.5 Å². The molecular weight excluding hydrogens is 164 g/mol. The molecule has 2 heteroatoms. The van der Waals surface area contributed by atoms with Crippen molar-refractivity contribution in [3.63, 3.8) is 0 Å². The maximum Gasteiger partial charge on any atom is 0.183 e. The van der Waals surface area contributed by atoms with Crippen molar-refractivity contribution in [3.05, 3.63) is 35.4 Å². The van der Waals surface area contributed by atoms with Crippen LogP contribution < -0.4 is 0 Å². The van der Waals surface area contributed by atoms with E-state index in [0.29, 0.717) is 0 Å². The largest absolute Gasteiger partial charge is 0.352 e. The fraction of sp³-hybridized carbons (Fsp3) is 0.455. The number of aryl methyl sites for hydroxylation is 1. The van der Waals surface area contributed by atoms with Crippen LogP contribution in [0.5, 0.6) is 0 Å². The summed E-state index contributed by atoms with van der Waals surface area (Å²) in [6.45, 7) is 2.13. The van der Waals surface area contributed by atoms with Crippen LogP contribution in [0, 0.1) is 0 Å². The van der Waals surface area contributed by atoms with Crippen LogP contribution in [0.25, 0.3) is 0 Å². The van der Waals surface area contributed by atoms with Crippen LogP contribution in [0.2, 0.25) is 0 Å². The first kappa shape index (κ1) is 10.2. The van der Waals surface area contributed by atoms with Gasteiger partial charge in [-0.3, -0.25) is 0 Å². The van der Waals surface area contributed by atoms with E-state index in [2.05, 4.69) is 13.0 Å². The molecule has 0 aliphatic carbocycles. The Bertz CT molecular complexity index is 254. The van der Waals surface area contributed by atoms with Gasteiger partial charge in [0.1, 0.15) is 0 Å². The van der Waals surface area contributed by atoms with E-state index in [0.717, 1.165) is 12.0 Å². The van der Waals surface area contributed by atoms with Crippen molar-refractivity contribution in [2.75, 3.05) is 14.2 Å².